The van der Waals surface area contributed by atoms with E-state index in [-0.39, 0.29) is 24.2 Å². The summed E-state index contributed by atoms with van der Waals surface area (Å²) < 4.78 is 5.42. The number of aromatic amines is 1. The smallest absolute Gasteiger partial charge is 0.303 e. The van der Waals surface area contributed by atoms with E-state index in [1.54, 1.807) is 31.0 Å². The third-order valence-electron chi connectivity index (χ3n) is 4.25. The largest absolute Gasteiger partial charge is 0.481 e. The van der Waals surface area contributed by atoms with Crippen LogP contribution >= 0.6 is 0 Å². The number of likely N-dealkylation sites (tertiary alicyclic amines) is 1. The molecular weight excluding hydrogens is 300 g/mol. The van der Waals surface area contributed by atoms with Crippen molar-refractivity contribution in [3.8, 4) is 0 Å². The van der Waals surface area contributed by atoms with E-state index in [1.807, 2.05) is 0 Å². The van der Waals surface area contributed by atoms with E-state index in [1.165, 1.54) is 0 Å². The summed E-state index contributed by atoms with van der Waals surface area (Å²) in [5.74, 6) is -0.0850. The van der Waals surface area contributed by atoms with Crippen molar-refractivity contribution >= 4 is 11.9 Å². The molecule has 1 fully saturated rings. The van der Waals surface area contributed by atoms with Gasteiger partial charge in [-0.05, 0) is 25.8 Å². The van der Waals surface area contributed by atoms with Gasteiger partial charge >= 0.3 is 5.97 Å². The van der Waals surface area contributed by atoms with Gasteiger partial charge in [-0.25, -0.2) is 0 Å². The molecule has 8 heteroatoms. The molecule has 2 aromatic heterocycles. The standard InChI is InChI=1S/C15H18N4O4/c1-8-3-11(9(2)23-8)15(22)19-6-10(4-14(20)21)12(7-19)13-5-16-18-17-13/h3,5,10,12H,4,6-7H2,1-2H3,(H,20,21)(H,16,17,18)/t10-,12+/m1/s1. The first-order chi connectivity index (χ1) is 11.0. The fraction of sp³-hybridized carbons (Fsp3) is 0.467. The molecule has 2 atom stereocenters. The van der Waals surface area contributed by atoms with Crippen LogP contribution in [0.4, 0.5) is 0 Å². The number of aryl methyl sites for hydroxylation is 2. The van der Waals surface area contributed by atoms with E-state index in [0.29, 0.717) is 35.9 Å². The predicted octanol–water partition coefficient (Wildman–Crippen LogP) is 1.35. The van der Waals surface area contributed by atoms with Crippen LogP contribution < -0.4 is 0 Å². The van der Waals surface area contributed by atoms with Gasteiger partial charge in [-0.1, -0.05) is 0 Å². The van der Waals surface area contributed by atoms with Crippen molar-refractivity contribution in [1.29, 1.82) is 0 Å². The van der Waals surface area contributed by atoms with Crippen molar-refractivity contribution in [2.45, 2.75) is 26.2 Å². The molecule has 0 bridgehead atoms. The molecule has 0 aliphatic carbocycles. The van der Waals surface area contributed by atoms with Gasteiger partial charge in [0.1, 0.15) is 11.5 Å². The zero-order chi connectivity index (χ0) is 16.6. The molecule has 0 aromatic carbocycles. The Balaban J connectivity index is 1.83. The minimum atomic E-state index is -0.881. The molecular formula is C15H18N4O4. The summed E-state index contributed by atoms with van der Waals surface area (Å²) in [6.45, 7) is 4.35. The Morgan fingerprint density at radius 3 is 2.78 bits per heavy atom. The lowest BCUT2D eigenvalue weighted by Gasteiger charge is -2.15. The van der Waals surface area contributed by atoms with E-state index >= 15 is 0 Å². The number of nitrogens with zero attached hydrogens (tertiary/aromatic N) is 3. The van der Waals surface area contributed by atoms with E-state index < -0.39 is 5.97 Å². The number of nitrogens with one attached hydrogen (secondary N) is 1. The van der Waals surface area contributed by atoms with Gasteiger partial charge in [0.25, 0.3) is 5.91 Å². The number of aromatic nitrogens is 3. The number of carboxylic acids is 1. The van der Waals surface area contributed by atoms with Gasteiger partial charge < -0.3 is 14.4 Å². The third kappa shape index (κ3) is 2.96. The summed E-state index contributed by atoms with van der Waals surface area (Å²) in [6.07, 6.45) is 1.57. The van der Waals surface area contributed by atoms with Crippen LogP contribution in [0.15, 0.2) is 16.7 Å². The monoisotopic (exact) mass is 318 g/mol. The van der Waals surface area contributed by atoms with E-state index in [2.05, 4.69) is 15.4 Å². The Bertz CT molecular complexity index is 722. The molecule has 2 aromatic rings. The van der Waals surface area contributed by atoms with Gasteiger partial charge in [-0.3, -0.25) is 9.59 Å². The number of hydrogen-bond acceptors (Lipinski definition) is 5. The number of H-pyrrole nitrogens is 1. The maximum Gasteiger partial charge on any atom is 0.303 e. The van der Waals surface area contributed by atoms with Crippen LogP contribution in [0.3, 0.4) is 0 Å². The topological polar surface area (TPSA) is 112 Å². The highest BCUT2D eigenvalue weighted by Crippen LogP contribution is 2.34. The van der Waals surface area contributed by atoms with Crippen LogP contribution in [-0.2, 0) is 4.79 Å². The summed E-state index contributed by atoms with van der Waals surface area (Å²) in [4.78, 5) is 25.5. The first-order valence-electron chi connectivity index (χ1n) is 7.39. The Hall–Kier alpha value is -2.64. The molecule has 23 heavy (non-hydrogen) atoms. The highest BCUT2D eigenvalue weighted by atomic mass is 16.4. The fourth-order valence-electron chi connectivity index (χ4n) is 3.21. The molecule has 1 saturated heterocycles. The van der Waals surface area contributed by atoms with Gasteiger partial charge in [0.15, 0.2) is 0 Å². The van der Waals surface area contributed by atoms with E-state index in [0.717, 1.165) is 0 Å². The Kier molecular flexibility index (Phi) is 3.89. The average Bonchev–Trinajstić information content (AvgIpc) is 3.17. The van der Waals surface area contributed by atoms with Crippen molar-refractivity contribution in [1.82, 2.24) is 20.3 Å². The van der Waals surface area contributed by atoms with Crippen LogP contribution in [0.5, 0.6) is 0 Å². The fourth-order valence-corrected chi connectivity index (χ4v) is 3.21. The molecule has 3 rings (SSSR count). The maximum absolute atomic E-state index is 12.7. The van der Waals surface area contributed by atoms with Gasteiger partial charge in [-0.2, -0.15) is 15.4 Å². The van der Waals surface area contributed by atoms with Crippen LogP contribution in [0, 0.1) is 19.8 Å². The van der Waals surface area contributed by atoms with Crippen molar-refractivity contribution in [3.63, 3.8) is 0 Å². The number of aliphatic carboxylic acids is 1. The lowest BCUT2D eigenvalue weighted by Crippen LogP contribution is -2.29. The predicted molar refractivity (Wildman–Crippen MR) is 79.0 cm³/mol. The second kappa shape index (κ2) is 5.86. The van der Waals surface area contributed by atoms with Gasteiger partial charge in [0.2, 0.25) is 0 Å². The van der Waals surface area contributed by atoms with Crippen molar-refractivity contribution in [2.75, 3.05) is 13.1 Å². The molecule has 1 aliphatic heterocycles. The number of rotatable bonds is 4. The molecule has 0 spiro atoms. The number of amides is 1. The lowest BCUT2D eigenvalue weighted by atomic mass is 9.91. The Labute approximate surface area is 132 Å². The molecule has 1 aliphatic rings. The molecule has 8 nitrogen and oxygen atoms in total. The minimum Gasteiger partial charge on any atom is -0.481 e. The SMILES string of the molecule is Cc1cc(C(=O)N2C[C@@H](CC(=O)O)[C@@H](c3cn[nH]n3)C2)c(C)o1. The quantitative estimate of drug-likeness (QED) is 0.880. The normalized spacial score (nSPS) is 20.9. The number of hydrogen-bond donors (Lipinski definition) is 2. The lowest BCUT2D eigenvalue weighted by molar-refractivity contribution is -0.138. The number of furan rings is 1. The van der Waals surface area contributed by atoms with Crippen LogP contribution in [-0.4, -0.2) is 50.4 Å². The number of carbonyl (C=O) groups excluding carboxylic acids is 1. The highest BCUT2D eigenvalue weighted by molar-refractivity contribution is 5.95. The molecule has 0 saturated carbocycles. The highest BCUT2D eigenvalue weighted by Gasteiger charge is 2.39. The molecule has 0 unspecified atom stereocenters. The molecule has 3 heterocycles. The zero-order valence-corrected chi connectivity index (χ0v) is 12.9. The second-order valence-electron chi connectivity index (χ2n) is 5.90. The molecule has 2 N–H and O–H groups in total. The van der Waals surface area contributed by atoms with Gasteiger partial charge in [-0.15, -0.1) is 0 Å². The summed E-state index contributed by atoms with van der Waals surface area (Å²) in [6, 6.07) is 1.72. The van der Waals surface area contributed by atoms with Crippen molar-refractivity contribution in [3.05, 3.63) is 35.0 Å². The number of carbonyl (C=O) groups is 2. The van der Waals surface area contributed by atoms with Crippen LogP contribution in [0.2, 0.25) is 0 Å². The molecule has 1 amide bonds. The van der Waals surface area contributed by atoms with Gasteiger partial charge in [0, 0.05) is 19.0 Å². The number of carboxylic acid groups (broad SMARTS) is 1. The van der Waals surface area contributed by atoms with Crippen LogP contribution in [0.1, 0.15) is 39.9 Å². The first-order valence-corrected chi connectivity index (χ1v) is 7.39. The van der Waals surface area contributed by atoms with Gasteiger partial charge in [0.05, 0.1) is 23.9 Å². The van der Waals surface area contributed by atoms with Crippen LogP contribution in [0.25, 0.3) is 0 Å². The maximum atomic E-state index is 12.7. The van der Waals surface area contributed by atoms with Crippen molar-refractivity contribution < 1.29 is 19.1 Å². The second-order valence-corrected chi connectivity index (χ2v) is 5.90. The molecule has 122 valence electrons. The average molecular weight is 318 g/mol. The van der Waals surface area contributed by atoms with E-state index in [4.69, 9.17) is 9.52 Å². The summed E-state index contributed by atoms with van der Waals surface area (Å²) in [5.41, 5.74) is 1.21. The molecule has 0 radical (unpaired) electrons. The van der Waals surface area contributed by atoms with Crippen molar-refractivity contribution in [2.24, 2.45) is 5.92 Å². The van der Waals surface area contributed by atoms with E-state index in [9.17, 15) is 9.59 Å². The minimum absolute atomic E-state index is 0.00922. The Morgan fingerprint density at radius 2 is 2.22 bits per heavy atom. The zero-order valence-electron chi connectivity index (χ0n) is 12.9. The third-order valence-corrected chi connectivity index (χ3v) is 4.25. The Morgan fingerprint density at radius 1 is 1.43 bits per heavy atom. The summed E-state index contributed by atoms with van der Waals surface area (Å²) in [5, 5.41) is 19.5. The summed E-state index contributed by atoms with van der Waals surface area (Å²) in [7, 11) is 0. The first kappa shape index (κ1) is 15.3. The summed E-state index contributed by atoms with van der Waals surface area (Å²) >= 11 is 0.